The van der Waals surface area contributed by atoms with E-state index in [-0.39, 0.29) is 6.09 Å². The Kier molecular flexibility index (Phi) is 5.39. The smallest absolute Gasteiger partial charge is 0.409 e. The number of halogens is 1. The number of ether oxygens (including phenoxy) is 1. The Morgan fingerprint density at radius 1 is 1.55 bits per heavy atom. The van der Waals surface area contributed by atoms with Crippen molar-refractivity contribution in [2.75, 3.05) is 39.8 Å². The summed E-state index contributed by atoms with van der Waals surface area (Å²) in [5.41, 5.74) is 0.881. The number of likely N-dealkylation sites (N-methyl/N-ethyl adjacent to an activating group) is 1. The molecule has 1 aliphatic heterocycles. The number of carbonyl (C=O) groups is 1. The molecule has 1 aromatic carbocycles. The quantitative estimate of drug-likeness (QED) is 0.857. The first-order valence-corrected chi connectivity index (χ1v) is 7.39. The predicted octanol–water partition coefficient (Wildman–Crippen LogP) is 1.87. The first-order chi connectivity index (χ1) is 9.56. The molecule has 0 radical (unpaired) electrons. The molecule has 1 fully saturated rings. The van der Waals surface area contributed by atoms with Crippen molar-refractivity contribution >= 4 is 22.0 Å². The van der Waals surface area contributed by atoms with Gasteiger partial charge in [0.2, 0.25) is 0 Å². The fraction of sp³-hybridized carbons (Fsp3) is 0.500. The van der Waals surface area contributed by atoms with Crippen molar-refractivity contribution in [2.24, 2.45) is 0 Å². The van der Waals surface area contributed by atoms with Gasteiger partial charge in [-0.15, -0.1) is 0 Å². The topological polar surface area (TPSA) is 53.0 Å². The molecule has 20 heavy (non-hydrogen) atoms. The summed E-state index contributed by atoms with van der Waals surface area (Å²) in [7, 11) is 1.93. The highest BCUT2D eigenvalue weighted by Gasteiger charge is 2.22. The largest absolute Gasteiger partial charge is 0.448 e. The standard InChI is InChI=1S/C14H19BrN2O3/c1-16(5-6-17-7-8-20-14(17)19)10-13(18)11-3-2-4-12(15)9-11/h2-4,9,13,18H,5-8,10H2,1H3. The number of benzene rings is 1. The predicted molar refractivity (Wildman–Crippen MR) is 79.5 cm³/mol. The lowest BCUT2D eigenvalue weighted by Crippen LogP contribution is -2.35. The van der Waals surface area contributed by atoms with Gasteiger partial charge in [0.1, 0.15) is 6.61 Å². The van der Waals surface area contributed by atoms with Crippen LogP contribution in [0.15, 0.2) is 28.7 Å². The third-order valence-electron chi connectivity index (χ3n) is 3.31. The van der Waals surface area contributed by atoms with Crippen LogP contribution in [0, 0.1) is 0 Å². The van der Waals surface area contributed by atoms with E-state index in [1.807, 2.05) is 36.2 Å². The number of aliphatic hydroxyl groups is 1. The highest BCUT2D eigenvalue weighted by molar-refractivity contribution is 9.10. The summed E-state index contributed by atoms with van der Waals surface area (Å²) in [4.78, 5) is 15.0. The molecule has 1 heterocycles. The molecular weight excluding hydrogens is 324 g/mol. The van der Waals surface area contributed by atoms with E-state index in [4.69, 9.17) is 4.74 Å². The van der Waals surface area contributed by atoms with Crippen LogP contribution in [0.4, 0.5) is 4.79 Å². The summed E-state index contributed by atoms with van der Waals surface area (Å²) >= 11 is 3.40. The van der Waals surface area contributed by atoms with Crippen LogP contribution in [0.2, 0.25) is 0 Å². The Bertz CT molecular complexity index is 469. The van der Waals surface area contributed by atoms with Gasteiger partial charge in [-0.2, -0.15) is 0 Å². The number of nitrogens with zero attached hydrogens (tertiary/aromatic N) is 2. The van der Waals surface area contributed by atoms with Crippen molar-refractivity contribution in [3.05, 3.63) is 34.3 Å². The number of amides is 1. The maximum absolute atomic E-state index is 11.3. The van der Waals surface area contributed by atoms with Gasteiger partial charge in [0.05, 0.1) is 12.6 Å². The van der Waals surface area contributed by atoms with E-state index in [1.165, 1.54) is 0 Å². The van der Waals surface area contributed by atoms with Crippen LogP contribution in [0.25, 0.3) is 0 Å². The maximum atomic E-state index is 11.3. The van der Waals surface area contributed by atoms with Crippen molar-refractivity contribution in [1.82, 2.24) is 9.80 Å². The third-order valence-corrected chi connectivity index (χ3v) is 3.81. The number of cyclic esters (lactones) is 1. The molecule has 0 aromatic heterocycles. The third kappa shape index (κ3) is 4.19. The first kappa shape index (κ1) is 15.3. The van der Waals surface area contributed by atoms with Gasteiger partial charge in [-0.25, -0.2) is 4.79 Å². The monoisotopic (exact) mass is 342 g/mol. The van der Waals surface area contributed by atoms with Crippen LogP contribution in [0.1, 0.15) is 11.7 Å². The molecule has 1 saturated heterocycles. The number of carbonyl (C=O) groups excluding carboxylic acids is 1. The Morgan fingerprint density at radius 3 is 3.00 bits per heavy atom. The Morgan fingerprint density at radius 2 is 2.35 bits per heavy atom. The van der Waals surface area contributed by atoms with Crippen LogP contribution in [0.3, 0.4) is 0 Å². The van der Waals surface area contributed by atoms with E-state index < -0.39 is 6.10 Å². The lowest BCUT2D eigenvalue weighted by molar-refractivity contribution is 0.120. The Balaban J connectivity index is 1.79. The Labute approximate surface area is 127 Å². The van der Waals surface area contributed by atoms with Crippen LogP contribution >= 0.6 is 15.9 Å². The lowest BCUT2D eigenvalue weighted by Gasteiger charge is -2.23. The van der Waals surface area contributed by atoms with E-state index in [1.54, 1.807) is 4.90 Å². The van der Waals surface area contributed by atoms with Crippen molar-refractivity contribution < 1.29 is 14.6 Å². The number of rotatable bonds is 6. The van der Waals surface area contributed by atoms with E-state index in [2.05, 4.69) is 15.9 Å². The van der Waals surface area contributed by atoms with Crippen molar-refractivity contribution in [1.29, 1.82) is 0 Å². The van der Waals surface area contributed by atoms with Crippen LogP contribution in [-0.2, 0) is 4.74 Å². The summed E-state index contributed by atoms with van der Waals surface area (Å²) in [6.45, 7) is 2.99. The molecule has 6 heteroatoms. The molecular formula is C14H19BrN2O3. The molecule has 1 amide bonds. The second-order valence-electron chi connectivity index (χ2n) is 4.93. The van der Waals surface area contributed by atoms with Crippen LogP contribution in [0.5, 0.6) is 0 Å². The number of aliphatic hydroxyl groups excluding tert-OH is 1. The average molecular weight is 343 g/mol. The van der Waals surface area contributed by atoms with Gasteiger partial charge >= 0.3 is 6.09 Å². The highest BCUT2D eigenvalue weighted by atomic mass is 79.9. The lowest BCUT2D eigenvalue weighted by atomic mass is 10.1. The van der Waals surface area contributed by atoms with E-state index in [0.29, 0.717) is 32.8 Å². The molecule has 110 valence electrons. The zero-order chi connectivity index (χ0) is 14.5. The molecule has 1 aliphatic rings. The number of hydrogen-bond acceptors (Lipinski definition) is 4. The zero-order valence-electron chi connectivity index (χ0n) is 11.5. The highest BCUT2D eigenvalue weighted by Crippen LogP contribution is 2.18. The second kappa shape index (κ2) is 7.06. The maximum Gasteiger partial charge on any atom is 0.409 e. The molecule has 0 bridgehead atoms. The van der Waals surface area contributed by atoms with E-state index in [9.17, 15) is 9.90 Å². The minimum atomic E-state index is -0.539. The van der Waals surface area contributed by atoms with Crippen molar-refractivity contribution in [2.45, 2.75) is 6.10 Å². The van der Waals surface area contributed by atoms with Gasteiger partial charge < -0.3 is 19.6 Å². The first-order valence-electron chi connectivity index (χ1n) is 6.60. The van der Waals surface area contributed by atoms with Gasteiger partial charge in [-0.05, 0) is 24.7 Å². The summed E-state index contributed by atoms with van der Waals surface area (Å²) in [6.07, 6.45) is -0.783. The van der Waals surface area contributed by atoms with Gasteiger partial charge in [0.15, 0.2) is 0 Å². The molecule has 1 aromatic rings. The number of hydrogen-bond donors (Lipinski definition) is 1. The molecule has 0 aliphatic carbocycles. The van der Waals surface area contributed by atoms with Crippen LogP contribution in [-0.4, -0.2) is 60.8 Å². The SMILES string of the molecule is CN(CCN1CCOC1=O)CC(O)c1cccc(Br)c1. The van der Waals surface area contributed by atoms with Crippen LogP contribution < -0.4 is 0 Å². The second-order valence-corrected chi connectivity index (χ2v) is 5.85. The fourth-order valence-electron chi connectivity index (χ4n) is 2.13. The molecule has 2 rings (SSSR count). The molecule has 1 N–H and O–H groups in total. The van der Waals surface area contributed by atoms with Gasteiger partial charge in [-0.3, -0.25) is 0 Å². The molecule has 1 unspecified atom stereocenters. The zero-order valence-corrected chi connectivity index (χ0v) is 13.0. The minimum absolute atomic E-state index is 0.245. The summed E-state index contributed by atoms with van der Waals surface area (Å²) < 4.78 is 5.83. The molecule has 1 atom stereocenters. The van der Waals surface area contributed by atoms with Gasteiger partial charge in [-0.1, -0.05) is 28.1 Å². The summed E-state index contributed by atoms with van der Waals surface area (Å²) in [5.74, 6) is 0. The average Bonchev–Trinajstić information content (AvgIpc) is 2.82. The fourth-order valence-corrected chi connectivity index (χ4v) is 2.54. The molecule has 5 nitrogen and oxygen atoms in total. The Hall–Kier alpha value is -1.11. The molecule has 0 spiro atoms. The van der Waals surface area contributed by atoms with Gasteiger partial charge in [0.25, 0.3) is 0 Å². The summed E-state index contributed by atoms with van der Waals surface area (Å²) in [5, 5.41) is 10.2. The van der Waals surface area contributed by atoms with Crippen molar-refractivity contribution in [3.63, 3.8) is 0 Å². The van der Waals surface area contributed by atoms with Crippen molar-refractivity contribution in [3.8, 4) is 0 Å². The minimum Gasteiger partial charge on any atom is -0.448 e. The van der Waals surface area contributed by atoms with E-state index in [0.717, 1.165) is 10.0 Å². The van der Waals surface area contributed by atoms with E-state index >= 15 is 0 Å². The van der Waals surface area contributed by atoms with Gasteiger partial charge in [0, 0.05) is 24.1 Å². The molecule has 0 saturated carbocycles. The normalized spacial score (nSPS) is 16.6. The summed E-state index contributed by atoms with van der Waals surface area (Å²) in [6, 6.07) is 7.65.